The van der Waals surface area contributed by atoms with Gasteiger partial charge in [-0.15, -0.1) is 11.8 Å². The Morgan fingerprint density at radius 1 is 0.915 bits per heavy atom. The highest BCUT2D eigenvalue weighted by molar-refractivity contribution is 7.98. The van der Waals surface area contributed by atoms with Crippen molar-refractivity contribution in [3.05, 3.63) is 81.1 Å². The SMILES string of the molecule is CCNC(=O)Cn1nc(-c2ccc(N(C)C34CC(C3)C4)nc2)cc(CCNC(=O)Cn2nc(-c3ccc(SC)nc3)ccc2=O)c1=O. The van der Waals surface area contributed by atoms with Crippen LogP contribution in [-0.2, 0) is 29.1 Å². The molecule has 0 atom stereocenters. The van der Waals surface area contributed by atoms with E-state index < -0.39 is 17.0 Å². The molecule has 0 spiro atoms. The summed E-state index contributed by atoms with van der Waals surface area (Å²) in [5, 5.41) is 15.2. The first-order chi connectivity index (χ1) is 22.7. The molecule has 4 aromatic heterocycles. The number of carbonyl (C=O) groups is 2. The molecule has 0 aromatic carbocycles. The summed E-state index contributed by atoms with van der Waals surface area (Å²) in [5.74, 6) is 0.974. The molecule has 3 saturated carbocycles. The predicted octanol–water partition coefficient (Wildman–Crippen LogP) is 2.13. The molecule has 0 saturated heterocycles. The summed E-state index contributed by atoms with van der Waals surface area (Å²) in [4.78, 5) is 62.3. The minimum atomic E-state index is -0.433. The fourth-order valence-electron chi connectivity index (χ4n) is 6.13. The number of carbonyl (C=O) groups excluding carboxylic acids is 2. The molecule has 0 unspecified atom stereocenters. The van der Waals surface area contributed by atoms with Crippen molar-refractivity contribution in [3.63, 3.8) is 0 Å². The number of thioether (sulfide) groups is 1. The Hall–Kier alpha value is -4.85. The Morgan fingerprint density at radius 3 is 2.23 bits per heavy atom. The molecule has 0 radical (unpaired) electrons. The number of rotatable bonds is 13. The van der Waals surface area contributed by atoms with Crippen molar-refractivity contribution < 1.29 is 9.59 Å². The van der Waals surface area contributed by atoms with Crippen LogP contribution in [0.5, 0.6) is 0 Å². The van der Waals surface area contributed by atoms with E-state index >= 15 is 0 Å². The average molecular weight is 656 g/mol. The molecule has 2 bridgehead atoms. The van der Waals surface area contributed by atoms with E-state index in [1.165, 1.54) is 37.1 Å². The van der Waals surface area contributed by atoms with E-state index in [1.54, 1.807) is 31.5 Å². The molecule has 3 fully saturated rings. The van der Waals surface area contributed by atoms with Crippen LogP contribution in [0, 0.1) is 5.92 Å². The summed E-state index contributed by atoms with van der Waals surface area (Å²) < 4.78 is 2.24. The highest BCUT2D eigenvalue weighted by Gasteiger charge is 2.59. The van der Waals surface area contributed by atoms with Gasteiger partial charge < -0.3 is 15.5 Å². The van der Waals surface area contributed by atoms with E-state index in [-0.39, 0.29) is 37.5 Å². The van der Waals surface area contributed by atoms with Crippen LogP contribution in [0.3, 0.4) is 0 Å². The van der Waals surface area contributed by atoms with E-state index in [0.717, 1.165) is 31.7 Å². The van der Waals surface area contributed by atoms with Gasteiger partial charge in [-0.3, -0.25) is 19.2 Å². The molecule has 2 N–H and O–H groups in total. The lowest BCUT2D eigenvalue weighted by Crippen LogP contribution is -2.67. The molecule has 14 heteroatoms. The zero-order chi connectivity index (χ0) is 33.1. The van der Waals surface area contributed by atoms with Crippen LogP contribution < -0.4 is 26.7 Å². The number of hydrogen-bond donors (Lipinski definition) is 2. The van der Waals surface area contributed by atoms with Gasteiger partial charge in [0.05, 0.1) is 16.4 Å². The van der Waals surface area contributed by atoms with Gasteiger partial charge in [0.2, 0.25) is 11.8 Å². The van der Waals surface area contributed by atoms with E-state index in [2.05, 4.69) is 42.7 Å². The van der Waals surface area contributed by atoms with Crippen molar-refractivity contribution in [2.24, 2.45) is 5.92 Å². The molecule has 7 rings (SSSR count). The van der Waals surface area contributed by atoms with Gasteiger partial charge in [0.15, 0.2) is 0 Å². The fraction of sp³-hybridized carbons (Fsp3) is 0.394. The smallest absolute Gasteiger partial charge is 0.270 e. The molecular weight excluding hydrogens is 618 g/mol. The lowest BCUT2D eigenvalue weighted by molar-refractivity contribution is -0.122. The largest absolute Gasteiger partial charge is 0.355 e. The zero-order valence-corrected chi connectivity index (χ0v) is 27.4. The predicted molar refractivity (Wildman–Crippen MR) is 179 cm³/mol. The third kappa shape index (κ3) is 6.82. The Labute approximate surface area is 275 Å². The maximum atomic E-state index is 13.3. The van der Waals surface area contributed by atoms with Crippen molar-refractivity contribution in [1.82, 2.24) is 40.2 Å². The highest BCUT2D eigenvalue weighted by atomic mass is 32.2. The summed E-state index contributed by atoms with van der Waals surface area (Å²) in [6.07, 6.45) is 9.16. The second-order valence-electron chi connectivity index (χ2n) is 12.0. The van der Waals surface area contributed by atoms with Crippen LogP contribution in [0.15, 0.2) is 69.5 Å². The number of nitrogens with one attached hydrogen (secondary N) is 2. The van der Waals surface area contributed by atoms with Gasteiger partial charge in [0.1, 0.15) is 18.9 Å². The van der Waals surface area contributed by atoms with E-state index in [4.69, 9.17) is 0 Å². The summed E-state index contributed by atoms with van der Waals surface area (Å²) in [5.41, 5.74) is 2.22. The molecule has 244 valence electrons. The van der Waals surface area contributed by atoms with Crippen molar-refractivity contribution in [1.29, 1.82) is 0 Å². The van der Waals surface area contributed by atoms with Gasteiger partial charge in [-0.2, -0.15) is 10.2 Å². The van der Waals surface area contributed by atoms with Gasteiger partial charge >= 0.3 is 0 Å². The topological polar surface area (TPSA) is 157 Å². The Balaban J connectivity index is 1.15. The third-order valence-electron chi connectivity index (χ3n) is 8.94. The van der Waals surface area contributed by atoms with E-state index in [0.29, 0.717) is 29.1 Å². The molecule has 3 aliphatic rings. The van der Waals surface area contributed by atoms with Gasteiger partial charge in [0, 0.05) is 60.8 Å². The molecule has 0 aliphatic heterocycles. The summed E-state index contributed by atoms with van der Waals surface area (Å²) in [7, 11) is 2.08. The number of anilines is 1. The van der Waals surface area contributed by atoms with E-state index in [1.807, 2.05) is 30.5 Å². The standard InChI is InChI=1S/C33H37N9O4S/c1-4-34-28(43)20-42-32(46)22(13-26(39-42)24-5-8-27(36-17-24)40(2)33-14-21(15-33)16-33)11-12-35-29(44)19-41-31(45)10-7-25(38-41)23-6-9-30(47-3)37-18-23/h5-10,13,17-18,21H,4,11-12,14-16,19-20H2,1-3H3,(H,34,43)(H,35,44). The van der Waals surface area contributed by atoms with Crippen LogP contribution in [0.25, 0.3) is 22.5 Å². The third-order valence-corrected chi connectivity index (χ3v) is 9.60. The van der Waals surface area contributed by atoms with Crippen molar-refractivity contribution in [3.8, 4) is 22.5 Å². The second-order valence-corrected chi connectivity index (χ2v) is 12.9. The van der Waals surface area contributed by atoms with Crippen molar-refractivity contribution in [2.45, 2.75) is 56.3 Å². The molecule has 13 nitrogen and oxygen atoms in total. The normalized spacial score (nSPS) is 17.7. The van der Waals surface area contributed by atoms with Gasteiger partial charge in [-0.05, 0) is 81.2 Å². The summed E-state index contributed by atoms with van der Waals surface area (Å²) in [6, 6.07) is 12.2. The molecule has 4 heterocycles. The first-order valence-electron chi connectivity index (χ1n) is 15.6. The summed E-state index contributed by atoms with van der Waals surface area (Å²) in [6.45, 7) is 1.82. The maximum Gasteiger partial charge on any atom is 0.270 e. The minimum absolute atomic E-state index is 0.123. The number of nitrogens with zero attached hydrogens (tertiary/aromatic N) is 7. The quantitative estimate of drug-likeness (QED) is 0.205. The Kier molecular flexibility index (Phi) is 9.21. The lowest BCUT2D eigenvalue weighted by Gasteiger charge is -2.66. The molecular formula is C33H37N9O4S. The number of amides is 2. The van der Waals surface area contributed by atoms with Crippen LogP contribution in [-0.4, -0.2) is 73.3 Å². The highest BCUT2D eigenvalue weighted by Crippen LogP contribution is 2.60. The average Bonchev–Trinajstić information content (AvgIpc) is 3.02. The first kappa shape index (κ1) is 32.1. The second kappa shape index (κ2) is 13.5. The van der Waals surface area contributed by atoms with Crippen LogP contribution in [0.2, 0.25) is 0 Å². The van der Waals surface area contributed by atoms with Gasteiger partial charge in [-0.25, -0.2) is 19.3 Å². The van der Waals surface area contributed by atoms with Gasteiger partial charge in [0.25, 0.3) is 11.1 Å². The van der Waals surface area contributed by atoms with Crippen LogP contribution >= 0.6 is 11.8 Å². The minimum Gasteiger partial charge on any atom is -0.355 e. The van der Waals surface area contributed by atoms with E-state index in [9.17, 15) is 19.2 Å². The van der Waals surface area contributed by atoms with Crippen LogP contribution in [0.1, 0.15) is 31.7 Å². The number of pyridine rings is 2. The van der Waals surface area contributed by atoms with Gasteiger partial charge in [-0.1, -0.05) is 0 Å². The molecule has 3 aliphatic carbocycles. The summed E-state index contributed by atoms with van der Waals surface area (Å²) >= 11 is 1.52. The zero-order valence-electron chi connectivity index (χ0n) is 26.6. The molecule has 2 amide bonds. The molecule has 4 aromatic rings. The van der Waals surface area contributed by atoms with Crippen molar-refractivity contribution in [2.75, 3.05) is 31.3 Å². The van der Waals surface area contributed by atoms with Crippen LogP contribution in [0.4, 0.5) is 5.82 Å². The Morgan fingerprint density at radius 2 is 1.60 bits per heavy atom. The van der Waals surface area contributed by atoms with Crippen molar-refractivity contribution >= 4 is 29.4 Å². The molecule has 47 heavy (non-hydrogen) atoms. The number of hydrogen-bond acceptors (Lipinski definition) is 10. The maximum absolute atomic E-state index is 13.3. The first-order valence-corrected chi connectivity index (χ1v) is 16.8. The lowest BCUT2D eigenvalue weighted by atomic mass is 9.49. The Bertz CT molecular complexity index is 1890. The fourth-order valence-corrected chi connectivity index (χ4v) is 6.50. The monoisotopic (exact) mass is 655 g/mol. The number of aromatic nitrogens is 6. The number of likely N-dealkylation sites (N-methyl/N-ethyl adjacent to an activating group) is 1.